The van der Waals surface area contributed by atoms with Crippen molar-refractivity contribution in [3.63, 3.8) is 0 Å². The van der Waals surface area contributed by atoms with Crippen LogP contribution in [0.15, 0.2) is 5.38 Å². The SMILES string of the molecule is CCC1NCC(=O)N(Cc2nc(C)cs2)C1=O. The zero-order chi connectivity index (χ0) is 12.4. The summed E-state index contributed by atoms with van der Waals surface area (Å²) in [5.41, 5.74) is 0.923. The van der Waals surface area contributed by atoms with Gasteiger partial charge >= 0.3 is 0 Å². The van der Waals surface area contributed by atoms with Gasteiger partial charge in [0.2, 0.25) is 11.8 Å². The second-order valence-corrected chi connectivity index (χ2v) is 4.99. The first-order valence-electron chi connectivity index (χ1n) is 5.60. The third-order valence-electron chi connectivity index (χ3n) is 2.73. The molecule has 1 aliphatic rings. The largest absolute Gasteiger partial charge is 0.297 e. The predicted molar refractivity (Wildman–Crippen MR) is 64.5 cm³/mol. The highest BCUT2D eigenvalue weighted by Gasteiger charge is 2.33. The van der Waals surface area contributed by atoms with E-state index in [4.69, 9.17) is 0 Å². The van der Waals surface area contributed by atoms with Gasteiger partial charge in [-0.1, -0.05) is 6.92 Å². The molecule has 1 atom stereocenters. The molecule has 0 radical (unpaired) electrons. The molecule has 1 aromatic rings. The zero-order valence-electron chi connectivity index (χ0n) is 9.90. The Labute approximate surface area is 104 Å². The van der Waals surface area contributed by atoms with E-state index in [0.717, 1.165) is 10.7 Å². The van der Waals surface area contributed by atoms with Crippen LogP contribution < -0.4 is 5.32 Å². The Morgan fingerprint density at radius 3 is 2.94 bits per heavy atom. The molecule has 2 amide bonds. The standard InChI is InChI=1S/C11H15N3O2S/c1-3-8-11(16)14(10(15)4-12-8)5-9-13-7(2)6-17-9/h6,8,12H,3-5H2,1-2H3. The van der Waals surface area contributed by atoms with Crippen LogP contribution in [0.5, 0.6) is 0 Å². The smallest absolute Gasteiger partial charge is 0.246 e. The van der Waals surface area contributed by atoms with Crippen LogP contribution in [0.3, 0.4) is 0 Å². The Balaban J connectivity index is 2.12. The summed E-state index contributed by atoms with van der Waals surface area (Å²) >= 11 is 1.48. The molecule has 1 aromatic heterocycles. The Bertz CT molecular complexity index is 444. The summed E-state index contributed by atoms with van der Waals surface area (Å²) in [6, 6.07) is -0.242. The van der Waals surface area contributed by atoms with Gasteiger partial charge in [0, 0.05) is 11.1 Å². The third-order valence-corrected chi connectivity index (χ3v) is 3.68. The number of nitrogens with one attached hydrogen (secondary N) is 1. The van der Waals surface area contributed by atoms with Crippen molar-refractivity contribution in [2.45, 2.75) is 32.9 Å². The normalized spacial score (nSPS) is 21.1. The molecular weight excluding hydrogens is 238 g/mol. The van der Waals surface area contributed by atoms with Crippen LogP contribution in [0.1, 0.15) is 24.0 Å². The van der Waals surface area contributed by atoms with Crippen LogP contribution in [-0.2, 0) is 16.1 Å². The summed E-state index contributed by atoms with van der Waals surface area (Å²) in [7, 11) is 0. The average Bonchev–Trinajstić information content (AvgIpc) is 2.70. The van der Waals surface area contributed by atoms with E-state index in [2.05, 4.69) is 10.3 Å². The Kier molecular flexibility index (Phi) is 3.54. The fourth-order valence-electron chi connectivity index (χ4n) is 1.80. The average molecular weight is 253 g/mol. The molecule has 0 saturated carbocycles. The van der Waals surface area contributed by atoms with E-state index in [-0.39, 0.29) is 24.4 Å². The minimum atomic E-state index is -0.242. The van der Waals surface area contributed by atoms with Crippen LogP contribution in [0.25, 0.3) is 0 Å². The number of nitrogens with zero attached hydrogens (tertiary/aromatic N) is 2. The van der Waals surface area contributed by atoms with Gasteiger partial charge in [-0.25, -0.2) is 4.98 Å². The molecule has 2 rings (SSSR count). The van der Waals surface area contributed by atoms with Crippen molar-refractivity contribution in [1.82, 2.24) is 15.2 Å². The van der Waals surface area contributed by atoms with Gasteiger partial charge < -0.3 is 0 Å². The molecule has 1 unspecified atom stereocenters. The van der Waals surface area contributed by atoms with Crippen molar-refractivity contribution in [2.75, 3.05) is 6.54 Å². The number of rotatable bonds is 3. The van der Waals surface area contributed by atoms with Gasteiger partial charge in [0.25, 0.3) is 0 Å². The van der Waals surface area contributed by atoms with Crippen LogP contribution >= 0.6 is 11.3 Å². The van der Waals surface area contributed by atoms with Crippen LogP contribution in [0.2, 0.25) is 0 Å². The molecule has 17 heavy (non-hydrogen) atoms. The topological polar surface area (TPSA) is 62.3 Å². The van der Waals surface area contributed by atoms with Crippen molar-refractivity contribution < 1.29 is 9.59 Å². The van der Waals surface area contributed by atoms with Gasteiger partial charge in [0.1, 0.15) is 5.01 Å². The lowest BCUT2D eigenvalue weighted by Crippen LogP contribution is -2.57. The molecule has 1 aliphatic heterocycles. The van der Waals surface area contributed by atoms with Gasteiger partial charge in [-0.05, 0) is 13.3 Å². The molecule has 0 aromatic carbocycles. The molecule has 5 nitrogen and oxygen atoms in total. The summed E-state index contributed by atoms with van der Waals surface area (Å²) < 4.78 is 0. The lowest BCUT2D eigenvalue weighted by Gasteiger charge is -2.30. The number of aryl methyl sites for hydroxylation is 1. The number of carbonyl (C=O) groups is 2. The van der Waals surface area contributed by atoms with E-state index < -0.39 is 0 Å². The van der Waals surface area contributed by atoms with Gasteiger partial charge in [-0.3, -0.25) is 19.8 Å². The van der Waals surface area contributed by atoms with E-state index in [1.165, 1.54) is 16.2 Å². The Morgan fingerprint density at radius 2 is 2.35 bits per heavy atom. The molecule has 1 fully saturated rings. The van der Waals surface area contributed by atoms with Gasteiger partial charge in [0.05, 0.1) is 19.1 Å². The van der Waals surface area contributed by atoms with Gasteiger partial charge in [-0.2, -0.15) is 0 Å². The predicted octanol–water partition coefficient (Wildman–Crippen LogP) is 0.689. The van der Waals surface area contributed by atoms with Crippen molar-refractivity contribution in [3.8, 4) is 0 Å². The number of amides is 2. The summed E-state index contributed by atoms with van der Waals surface area (Å²) in [6.07, 6.45) is 0.694. The Morgan fingerprint density at radius 1 is 1.59 bits per heavy atom. The number of carbonyl (C=O) groups excluding carboxylic acids is 2. The number of piperazine rings is 1. The maximum Gasteiger partial charge on any atom is 0.246 e. The second kappa shape index (κ2) is 4.93. The molecule has 92 valence electrons. The van der Waals surface area contributed by atoms with E-state index >= 15 is 0 Å². The lowest BCUT2D eigenvalue weighted by atomic mass is 10.1. The van der Waals surface area contributed by atoms with Gasteiger partial charge in [-0.15, -0.1) is 11.3 Å². The summed E-state index contributed by atoms with van der Waals surface area (Å²) in [4.78, 5) is 29.3. The third kappa shape index (κ3) is 2.53. The maximum atomic E-state index is 12.0. The van der Waals surface area contributed by atoms with Crippen molar-refractivity contribution in [2.24, 2.45) is 0 Å². The minimum absolute atomic E-state index is 0.142. The van der Waals surface area contributed by atoms with E-state index in [0.29, 0.717) is 13.0 Å². The van der Waals surface area contributed by atoms with Crippen LogP contribution in [0, 0.1) is 6.92 Å². The lowest BCUT2D eigenvalue weighted by molar-refractivity contribution is -0.150. The number of aromatic nitrogens is 1. The maximum absolute atomic E-state index is 12.0. The molecule has 0 bridgehead atoms. The highest BCUT2D eigenvalue weighted by atomic mass is 32.1. The number of thiazole rings is 1. The molecule has 1 saturated heterocycles. The van der Waals surface area contributed by atoms with E-state index in [9.17, 15) is 9.59 Å². The zero-order valence-corrected chi connectivity index (χ0v) is 10.7. The second-order valence-electron chi connectivity index (χ2n) is 4.04. The van der Waals surface area contributed by atoms with Crippen molar-refractivity contribution in [1.29, 1.82) is 0 Å². The highest BCUT2D eigenvalue weighted by molar-refractivity contribution is 7.09. The monoisotopic (exact) mass is 253 g/mol. The first-order valence-corrected chi connectivity index (χ1v) is 6.48. The van der Waals surface area contributed by atoms with Crippen molar-refractivity contribution >= 4 is 23.2 Å². The van der Waals surface area contributed by atoms with E-state index in [1.54, 1.807) is 0 Å². The first-order chi connectivity index (χ1) is 8.11. The summed E-state index contributed by atoms with van der Waals surface area (Å²) in [5.74, 6) is -0.316. The highest BCUT2D eigenvalue weighted by Crippen LogP contribution is 2.15. The molecule has 2 heterocycles. The molecule has 6 heteroatoms. The van der Waals surface area contributed by atoms with Crippen LogP contribution in [-0.4, -0.2) is 34.3 Å². The van der Waals surface area contributed by atoms with E-state index in [1.807, 2.05) is 19.2 Å². The first kappa shape index (κ1) is 12.2. The number of imide groups is 1. The molecule has 0 aliphatic carbocycles. The minimum Gasteiger partial charge on any atom is -0.297 e. The van der Waals surface area contributed by atoms with Crippen molar-refractivity contribution in [3.05, 3.63) is 16.1 Å². The number of hydrogen-bond acceptors (Lipinski definition) is 5. The summed E-state index contributed by atoms with van der Waals surface area (Å²) in [5, 5.41) is 5.66. The van der Waals surface area contributed by atoms with Crippen LogP contribution in [0.4, 0.5) is 0 Å². The quantitative estimate of drug-likeness (QED) is 0.805. The fraction of sp³-hybridized carbons (Fsp3) is 0.545. The molecule has 1 N–H and O–H groups in total. The molecule has 0 spiro atoms. The van der Waals surface area contributed by atoms with Gasteiger partial charge in [0.15, 0.2) is 0 Å². The fourth-order valence-corrected chi connectivity index (χ4v) is 2.56. The molecular formula is C11H15N3O2S. The number of hydrogen-bond donors (Lipinski definition) is 1. The summed E-state index contributed by atoms with van der Waals surface area (Å²) in [6.45, 7) is 4.36. The Hall–Kier alpha value is -1.27.